The number of fused-ring (bicyclic) bond motifs is 1. The normalized spacial score (nSPS) is 11.8. The number of unbranched alkanes of at least 4 members (excludes halogenated alkanes) is 1. The van der Waals surface area contributed by atoms with Crippen LogP contribution in [-0.4, -0.2) is 12.6 Å². The molecule has 0 fully saturated rings. The lowest BCUT2D eigenvalue weighted by molar-refractivity contribution is 0.432. The van der Waals surface area contributed by atoms with Crippen molar-refractivity contribution in [1.29, 1.82) is 0 Å². The first kappa shape index (κ1) is 13.9. The molecular formula is C18H25N. The summed E-state index contributed by atoms with van der Waals surface area (Å²) in [6.07, 6.45) is 3.77. The van der Waals surface area contributed by atoms with Gasteiger partial charge in [0.1, 0.15) is 0 Å². The van der Waals surface area contributed by atoms with Crippen LogP contribution in [0.2, 0.25) is 0 Å². The minimum atomic E-state index is 0.207. The van der Waals surface area contributed by atoms with E-state index >= 15 is 0 Å². The van der Waals surface area contributed by atoms with Gasteiger partial charge in [-0.1, -0.05) is 50.1 Å². The van der Waals surface area contributed by atoms with Crippen molar-refractivity contribution >= 4 is 16.5 Å². The Bertz CT molecular complexity index is 542. The fourth-order valence-electron chi connectivity index (χ4n) is 2.51. The molecule has 0 heterocycles. The molecule has 0 bridgehead atoms. The van der Waals surface area contributed by atoms with Gasteiger partial charge in [-0.05, 0) is 43.2 Å². The van der Waals surface area contributed by atoms with E-state index in [1.54, 1.807) is 0 Å². The van der Waals surface area contributed by atoms with Crippen molar-refractivity contribution in [3.63, 3.8) is 0 Å². The monoisotopic (exact) mass is 255 g/mol. The zero-order chi connectivity index (χ0) is 13.9. The van der Waals surface area contributed by atoms with Crippen LogP contribution in [0.1, 0.15) is 40.0 Å². The van der Waals surface area contributed by atoms with E-state index in [1.807, 2.05) is 0 Å². The van der Waals surface area contributed by atoms with Gasteiger partial charge in [-0.2, -0.15) is 0 Å². The molecule has 19 heavy (non-hydrogen) atoms. The molecule has 0 saturated carbocycles. The van der Waals surface area contributed by atoms with Gasteiger partial charge in [-0.15, -0.1) is 0 Å². The second-order valence-electron chi connectivity index (χ2n) is 6.01. The van der Waals surface area contributed by atoms with Crippen LogP contribution in [0, 0.1) is 0 Å². The number of nitrogens with zero attached hydrogens (tertiary/aromatic N) is 1. The Hall–Kier alpha value is -1.50. The largest absolute Gasteiger partial charge is 0.369 e. The highest BCUT2D eigenvalue weighted by molar-refractivity contribution is 5.85. The maximum absolute atomic E-state index is 2.41. The van der Waals surface area contributed by atoms with Gasteiger partial charge in [0.05, 0.1) is 0 Å². The van der Waals surface area contributed by atoms with Crippen molar-refractivity contribution in [3.8, 4) is 0 Å². The molecule has 0 aromatic heterocycles. The minimum Gasteiger partial charge on any atom is -0.369 e. The molecule has 0 saturated heterocycles. The third-order valence-corrected chi connectivity index (χ3v) is 4.17. The van der Waals surface area contributed by atoms with Crippen LogP contribution < -0.4 is 4.90 Å². The zero-order valence-corrected chi connectivity index (χ0v) is 12.6. The third-order valence-electron chi connectivity index (χ3n) is 4.17. The SMILES string of the molecule is CCCCC(C)(C)N(C)c1ccc2ccccc2c1. The fourth-order valence-corrected chi connectivity index (χ4v) is 2.51. The second kappa shape index (κ2) is 5.64. The molecule has 2 aromatic carbocycles. The van der Waals surface area contributed by atoms with Crippen molar-refractivity contribution in [2.45, 2.75) is 45.6 Å². The summed E-state index contributed by atoms with van der Waals surface area (Å²) in [5, 5.41) is 2.63. The predicted octanol–water partition coefficient (Wildman–Crippen LogP) is 5.24. The number of hydrogen-bond acceptors (Lipinski definition) is 1. The number of rotatable bonds is 5. The molecule has 0 atom stereocenters. The van der Waals surface area contributed by atoms with Crippen molar-refractivity contribution in [1.82, 2.24) is 0 Å². The van der Waals surface area contributed by atoms with E-state index in [0.29, 0.717) is 0 Å². The molecule has 102 valence electrons. The summed E-state index contributed by atoms with van der Waals surface area (Å²) < 4.78 is 0. The van der Waals surface area contributed by atoms with Gasteiger partial charge in [0.25, 0.3) is 0 Å². The topological polar surface area (TPSA) is 3.24 Å². The summed E-state index contributed by atoms with van der Waals surface area (Å²) in [6.45, 7) is 6.92. The summed E-state index contributed by atoms with van der Waals surface area (Å²) in [5.41, 5.74) is 1.51. The van der Waals surface area contributed by atoms with E-state index in [1.165, 1.54) is 35.7 Å². The van der Waals surface area contributed by atoms with Crippen LogP contribution >= 0.6 is 0 Å². The van der Waals surface area contributed by atoms with E-state index < -0.39 is 0 Å². The van der Waals surface area contributed by atoms with Gasteiger partial charge in [0, 0.05) is 18.3 Å². The van der Waals surface area contributed by atoms with Gasteiger partial charge < -0.3 is 4.90 Å². The molecule has 0 amide bonds. The summed E-state index contributed by atoms with van der Waals surface area (Å²) in [7, 11) is 2.21. The van der Waals surface area contributed by atoms with Gasteiger partial charge in [0.2, 0.25) is 0 Å². The van der Waals surface area contributed by atoms with Crippen LogP contribution in [0.3, 0.4) is 0 Å². The van der Waals surface area contributed by atoms with Crippen molar-refractivity contribution in [2.75, 3.05) is 11.9 Å². The number of benzene rings is 2. The van der Waals surface area contributed by atoms with Crippen LogP contribution in [0.25, 0.3) is 10.8 Å². The maximum atomic E-state index is 2.41. The van der Waals surface area contributed by atoms with E-state index in [-0.39, 0.29) is 5.54 Å². The maximum Gasteiger partial charge on any atom is 0.0374 e. The standard InChI is InChI=1S/C18H25N/c1-5-6-13-18(2,3)19(4)17-12-11-15-9-7-8-10-16(15)14-17/h7-12,14H,5-6,13H2,1-4H3. The zero-order valence-electron chi connectivity index (χ0n) is 12.6. The Labute approximate surface area is 117 Å². The van der Waals surface area contributed by atoms with E-state index in [0.717, 1.165) is 0 Å². The Kier molecular flexibility index (Phi) is 4.14. The van der Waals surface area contributed by atoms with Crippen LogP contribution in [0.4, 0.5) is 5.69 Å². The Morgan fingerprint density at radius 1 is 1.00 bits per heavy atom. The lowest BCUT2D eigenvalue weighted by atomic mass is 9.94. The molecular weight excluding hydrogens is 230 g/mol. The molecule has 2 aromatic rings. The Morgan fingerprint density at radius 3 is 2.37 bits per heavy atom. The highest BCUT2D eigenvalue weighted by atomic mass is 15.2. The van der Waals surface area contributed by atoms with E-state index in [2.05, 4.69) is 75.2 Å². The Morgan fingerprint density at radius 2 is 1.68 bits per heavy atom. The van der Waals surface area contributed by atoms with Crippen LogP contribution in [-0.2, 0) is 0 Å². The number of hydrogen-bond donors (Lipinski definition) is 0. The van der Waals surface area contributed by atoms with Gasteiger partial charge in [-0.3, -0.25) is 0 Å². The molecule has 1 heteroatoms. The molecule has 0 aliphatic rings. The third kappa shape index (κ3) is 3.09. The average Bonchev–Trinajstić information content (AvgIpc) is 2.44. The molecule has 2 rings (SSSR count). The second-order valence-corrected chi connectivity index (χ2v) is 6.01. The summed E-state index contributed by atoms with van der Waals surface area (Å²) in [5.74, 6) is 0. The van der Waals surface area contributed by atoms with Crippen molar-refractivity contribution < 1.29 is 0 Å². The fraction of sp³-hybridized carbons (Fsp3) is 0.444. The lowest BCUT2D eigenvalue weighted by Gasteiger charge is -2.38. The molecule has 0 aliphatic heterocycles. The molecule has 0 unspecified atom stereocenters. The van der Waals surface area contributed by atoms with Gasteiger partial charge >= 0.3 is 0 Å². The highest BCUT2D eigenvalue weighted by Crippen LogP contribution is 2.29. The van der Waals surface area contributed by atoms with Crippen molar-refractivity contribution in [3.05, 3.63) is 42.5 Å². The molecule has 1 nitrogen and oxygen atoms in total. The van der Waals surface area contributed by atoms with Crippen molar-refractivity contribution in [2.24, 2.45) is 0 Å². The van der Waals surface area contributed by atoms with Gasteiger partial charge in [-0.25, -0.2) is 0 Å². The average molecular weight is 255 g/mol. The predicted molar refractivity (Wildman–Crippen MR) is 86.0 cm³/mol. The smallest absolute Gasteiger partial charge is 0.0374 e. The van der Waals surface area contributed by atoms with E-state index in [4.69, 9.17) is 0 Å². The minimum absolute atomic E-state index is 0.207. The lowest BCUT2D eigenvalue weighted by Crippen LogP contribution is -2.41. The molecule has 0 N–H and O–H groups in total. The first-order valence-electron chi connectivity index (χ1n) is 7.27. The molecule has 0 spiro atoms. The Balaban J connectivity index is 2.27. The van der Waals surface area contributed by atoms with Crippen LogP contribution in [0.15, 0.2) is 42.5 Å². The van der Waals surface area contributed by atoms with Crippen LogP contribution in [0.5, 0.6) is 0 Å². The molecule has 0 aliphatic carbocycles. The number of anilines is 1. The highest BCUT2D eigenvalue weighted by Gasteiger charge is 2.23. The van der Waals surface area contributed by atoms with Gasteiger partial charge in [0.15, 0.2) is 0 Å². The van der Waals surface area contributed by atoms with E-state index in [9.17, 15) is 0 Å². The first-order valence-corrected chi connectivity index (χ1v) is 7.27. The quantitative estimate of drug-likeness (QED) is 0.705. The summed E-state index contributed by atoms with van der Waals surface area (Å²) >= 11 is 0. The first-order chi connectivity index (χ1) is 9.04. The summed E-state index contributed by atoms with van der Waals surface area (Å²) in [4.78, 5) is 2.41. The summed E-state index contributed by atoms with van der Waals surface area (Å²) in [6, 6.07) is 15.3. The molecule has 0 radical (unpaired) electrons.